The first-order chi connectivity index (χ1) is 14.2. The normalized spacial score (nSPS) is 10.5. The van der Waals surface area contributed by atoms with Crippen molar-refractivity contribution in [1.29, 1.82) is 0 Å². The third kappa shape index (κ3) is 12.1. The summed E-state index contributed by atoms with van der Waals surface area (Å²) < 4.78 is 10.5. The maximum absolute atomic E-state index is 12.2. The molecule has 0 bridgehead atoms. The van der Waals surface area contributed by atoms with Gasteiger partial charge in [-0.2, -0.15) is 0 Å². The molecule has 0 unspecified atom stereocenters. The summed E-state index contributed by atoms with van der Waals surface area (Å²) in [6, 6.07) is 6.53. The summed E-state index contributed by atoms with van der Waals surface area (Å²) in [5, 5.41) is 0. The number of hydrogen-bond acceptors (Lipinski definition) is 4. The Labute approximate surface area is 176 Å². The lowest BCUT2D eigenvalue weighted by Gasteiger charge is -2.07. The van der Waals surface area contributed by atoms with Crippen molar-refractivity contribution in [2.45, 2.75) is 84.0 Å². The van der Waals surface area contributed by atoms with Crippen molar-refractivity contribution in [3.8, 4) is 0 Å². The summed E-state index contributed by atoms with van der Waals surface area (Å²) in [7, 11) is 0. The minimum absolute atomic E-state index is 0.346. The minimum Gasteiger partial charge on any atom is -0.462 e. The fourth-order valence-electron chi connectivity index (χ4n) is 3.09. The van der Waals surface area contributed by atoms with E-state index in [9.17, 15) is 9.59 Å². The average molecular weight is 403 g/mol. The van der Waals surface area contributed by atoms with E-state index in [0.29, 0.717) is 24.3 Å². The van der Waals surface area contributed by atoms with Gasteiger partial charge in [0.1, 0.15) is 0 Å². The Bertz CT molecular complexity index is 594. The molecule has 162 valence electrons. The van der Waals surface area contributed by atoms with Crippen LogP contribution < -0.4 is 0 Å². The van der Waals surface area contributed by atoms with Crippen LogP contribution in [-0.4, -0.2) is 25.2 Å². The molecule has 1 aromatic rings. The third-order valence-electron chi connectivity index (χ3n) is 4.85. The van der Waals surface area contributed by atoms with Gasteiger partial charge in [-0.15, -0.1) is 6.58 Å². The molecule has 0 aliphatic rings. The minimum atomic E-state index is -0.418. The Morgan fingerprint density at radius 2 is 1.28 bits per heavy atom. The van der Waals surface area contributed by atoms with Crippen LogP contribution in [0, 0.1) is 0 Å². The van der Waals surface area contributed by atoms with Gasteiger partial charge in [0.2, 0.25) is 0 Å². The molecule has 0 N–H and O–H groups in total. The Morgan fingerprint density at radius 1 is 0.793 bits per heavy atom. The van der Waals surface area contributed by atoms with Crippen molar-refractivity contribution < 1.29 is 19.1 Å². The van der Waals surface area contributed by atoms with E-state index in [1.165, 1.54) is 57.4 Å². The smallest absolute Gasteiger partial charge is 0.338 e. The molecule has 0 atom stereocenters. The maximum atomic E-state index is 12.2. The molecule has 0 radical (unpaired) electrons. The molecule has 0 spiro atoms. The van der Waals surface area contributed by atoms with Gasteiger partial charge in [0.25, 0.3) is 0 Å². The molecule has 0 aliphatic heterocycles. The van der Waals surface area contributed by atoms with E-state index in [-0.39, 0.29) is 5.97 Å². The third-order valence-corrected chi connectivity index (χ3v) is 4.85. The highest BCUT2D eigenvalue weighted by Crippen LogP contribution is 2.12. The first-order valence-electron chi connectivity index (χ1n) is 11.2. The van der Waals surface area contributed by atoms with Gasteiger partial charge in [0.05, 0.1) is 24.3 Å². The number of unbranched alkanes of at least 4 members (excludes halogenated alkanes) is 10. The molecular formula is C25H38O4. The van der Waals surface area contributed by atoms with E-state index in [1.54, 1.807) is 24.3 Å². The lowest BCUT2D eigenvalue weighted by Crippen LogP contribution is -2.10. The van der Waals surface area contributed by atoms with Crippen molar-refractivity contribution >= 4 is 11.9 Å². The second-order valence-electron chi connectivity index (χ2n) is 7.47. The number of hydrogen-bond donors (Lipinski definition) is 0. The zero-order valence-electron chi connectivity index (χ0n) is 18.1. The van der Waals surface area contributed by atoms with E-state index >= 15 is 0 Å². The molecule has 0 fully saturated rings. The summed E-state index contributed by atoms with van der Waals surface area (Å²) in [5.74, 6) is -0.805. The van der Waals surface area contributed by atoms with Gasteiger partial charge in [0.15, 0.2) is 0 Å². The topological polar surface area (TPSA) is 52.6 Å². The Morgan fingerprint density at radius 3 is 1.79 bits per heavy atom. The second kappa shape index (κ2) is 16.8. The van der Waals surface area contributed by atoms with Crippen LogP contribution in [0.3, 0.4) is 0 Å². The summed E-state index contributed by atoms with van der Waals surface area (Å²) in [4.78, 5) is 24.2. The monoisotopic (exact) mass is 402 g/mol. The summed E-state index contributed by atoms with van der Waals surface area (Å²) in [6.07, 6.45) is 15.8. The quantitative estimate of drug-likeness (QED) is 0.162. The molecule has 1 aromatic carbocycles. The molecule has 0 heterocycles. The first kappa shape index (κ1) is 24.9. The van der Waals surface area contributed by atoms with E-state index in [0.717, 1.165) is 25.7 Å². The number of esters is 2. The predicted octanol–water partition coefficient (Wildman–Crippen LogP) is 6.89. The fourth-order valence-corrected chi connectivity index (χ4v) is 3.09. The maximum Gasteiger partial charge on any atom is 0.338 e. The molecule has 0 saturated heterocycles. The molecule has 0 amide bonds. The zero-order chi connectivity index (χ0) is 21.2. The van der Waals surface area contributed by atoms with Crippen molar-refractivity contribution in [2.75, 3.05) is 13.2 Å². The lowest BCUT2D eigenvalue weighted by molar-refractivity contribution is 0.0497. The number of rotatable bonds is 17. The Kier molecular flexibility index (Phi) is 14.5. The van der Waals surface area contributed by atoms with Crippen LogP contribution in [0.4, 0.5) is 0 Å². The van der Waals surface area contributed by atoms with E-state index in [1.807, 2.05) is 0 Å². The number of carbonyl (C=O) groups is 2. The van der Waals surface area contributed by atoms with Crippen molar-refractivity contribution in [2.24, 2.45) is 0 Å². The van der Waals surface area contributed by atoms with Crippen LogP contribution >= 0.6 is 0 Å². The number of ether oxygens (including phenoxy) is 2. The zero-order valence-corrected chi connectivity index (χ0v) is 18.1. The van der Waals surface area contributed by atoms with Crippen LogP contribution in [0.25, 0.3) is 0 Å². The average Bonchev–Trinajstić information content (AvgIpc) is 2.75. The van der Waals surface area contributed by atoms with Gasteiger partial charge in [0, 0.05) is 0 Å². The molecule has 29 heavy (non-hydrogen) atoms. The SMILES string of the molecule is C=CCCCOC(=O)c1cccc(C(=O)OCCCCCCCCCCCC)c1. The Balaban J connectivity index is 2.18. The predicted molar refractivity (Wildman–Crippen MR) is 118 cm³/mol. The van der Waals surface area contributed by atoms with Gasteiger partial charge < -0.3 is 9.47 Å². The molecule has 4 nitrogen and oxygen atoms in total. The van der Waals surface area contributed by atoms with Crippen molar-refractivity contribution in [3.63, 3.8) is 0 Å². The van der Waals surface area contributed by atoms with Gasteiger partial charge in [-0.25, -0.2) is 9.59 Å². The Hall–Kier alpha value is -2.10. The standard InChI is InChI=1S/C25H38O4/c1-3-5-7-8-9-10-11-12-13-15-20-29-25(27)23-18-16-17-22(21-23)24(26)28-19-14-6-4-2/h4,16-18,21H,2-3,5-15,19-20H2,1H3. The van der Waals surface area contributed by atoms with E-state index in [4.69, 9.17) is 9.47 Å². The first-order valence-corrected chi connectivity index (χ1v) is 11.2. The summed E-state index contributed by atoms with van der Waals surface area (Å²) in [5.41, 5.74) is 0.759. The van der Waals surface area contributed by atoms with E-state index < -0.39 is 5.97 Å². The fraction of sp³-hybridized carbons (Fsp3) is 0.600. The number of carbonyl (C=O) groups excluding carboxylic acids is 2. The van der Waals surface area contributed by atoms with Gasteiger partial charge in [-0.05, 0) is 37.5 Å². The van der Waals surface area contributed by atoms with Crippen molar-refractivity contribution in [1.82, 2.24) is 0 Å². The number of benzene rings is 1. The lowest BCUT2D eigenvalue weighted by atomic mass is 10.1. The van der Waals surface area contributed by atoms with Crippen LogP contribution in [0.5, 0.6) is 0 Å². The van der Waals surface area contributed by atoms with Gasteiger partial charge in [-0.1, -0.05) is 76.9 Å². The summed E-state index contributed by atoms with van der Waals surface area (Å²) in [6.45, 7) is 6.64. The largest absolute Gasteiger partial charge is 0.462 e. The van der Waals surface area contributed by atoms with Crippen LogP contribution in [0.15, 0.2) is 36.9 Å². The summed E-state index contributed by atoms with van der Waals surface area (Å²) >= 11 is 0. The van der Waals surface area contributed by atoms with Crippen molar-refractivity contribution in [3.05, 3.63) is 48.0 Å². The molecule has 4 heteroatoms. The van der Waals surface area contributed by atoms with Gasteiger partial charge in [-0.3, -0.25) is 0 Å². The van der Waals surface area contributed by atoms with Crippen LogP contribution in [0.1, 0.15) is 105 Å². The van der Waals surface area contributed by atoms with Crippen LogP contribution in [0.2, 0.25) is 0 Å². The highest BCUT2D eigenvalue weighted by molar-refractivity contribution is 5.95. The molecule has 0 saturated carbocycles. The van der Waals surface area contributed by atoms with Gasteiger partial charge >= 0.3 is 11.9 Å². The highest BCUT2D eigenvalue weighted by Gasteiger charge is 2.12. The number of allylic oxidation sites excluding steroid dienone is 1. The van der Waals surface area contributed by atoms with Crippen LogP contribution in [-0.2, 0) is 9.47 Å². The highest BCUT2D eigenvalue weighted by atomic mass is 16.5. The second-order valence-corrected chi connectivity index (χ2v) is 7.47. The van der Waals surface area contributed by atoms with E-state index in [2.05, 4.69) is 13.5 Å². The molecule has 0 aromatic heterocycles. The molecule has 0 aliphatic carbocycles. The molecular weight excluding hydrogens is 364 g/mol. The molecule has 1 rings (SSSR count).